The first-order valence-corrected chi connectivity index (χ1v) is 5.52. The maximum Gasteiger partial charge on any atom is 0.176 e. The van der Waals surface area contributed by atoms with E-state index >= 15 is 0 Å². The van der Waals surface area contributed by atoms with Gasteiger partial charge >= 0.3 is 0 Å². The molecule has 0 saturated carbocycles. The Balaban J connectivity index is 2.68. The number of carbonyl (C=O) groups is 1. The molecule has 1 rings (SSSR count). The van der Waals surface area contributed by atoms with Crippen molar-refractivity contribution in [3.8, 4) is 0 Å². The summed E-state index contributed by atoms with van der Waals surface area (Å²) in [7, 11) is 0. The highest BCUT2D eigenvalue weighted by molar-refractivity contribution is 7.80. The molecule has 2 nitrogen and oxygen atoms in total. The highest BCUT2D eigenvalue weighted by atomic mass is 32.1. The second kappa shape index (κ2) is 6.43. The predicted octanol–water partition coefficient (Wildman–Crippen LogP) is 2.16. The SMILES string of the molecule is NCC(=O)c1ccc(C=CCCS)cc1. The van der Waals surface area contributed by atoms with Gasteiger partial charge in [-0.3, -0.25) is 4.79 Å². The van der Waals surface area contributed by atoms with E-state index in [0.29, 0.717) is 5.56 Å². The summed E-state index contributed by atoms with van der Waals surface area (Å²) in [6, 6.07) is 7.43. The first kappa shape index (κ1) is 12.0. The van der Waals surface area contributed by atoms with E-state index in [1.165, 1.54) is 0 Å². The molecule has 0 amide bonds. The summed E-state index contributed by atoms with van der Waals surface area (Å²) in [5, 5.41) is 0. The Hall–Kier alpha value is -1.06. The van der Waals surface area contributed by atoms with Gasteiger partial charge in [0.2, 0.25) is 0 Å². The number of hydrogen-bond acceptors (Lipinski definition) is 3. The quantitative estimate of drug-likeness (QED) is 0.591. The van der Waals surface area contributed by atoms with Crippen LogP contribution in [0.5, 0.6) is 0 Å². The van der Waals surface area contributed by atoms with Gasteiger partial charge in [0.1, 0.15) is 0 Å². The van der Waals surface area contributed by atoms with Gasteiger partial charge in [0.15, 0.2) is 5.78 Å². The Bertz CT molecular complexity index is 343. The maximum atomic E-state index is 11.2. The van der Waals surface area contributed by atoms with Crippen LogP contribution < -0.4 is 5.73 Å². The van der Waals surface area contributed by atoms with Crippen LogP contribution in [0.3, 0.4) is 0 Å². The van der Waals surface area contributed by atoms with Gasteiger partial charge in [-0.25, -0.2) is 0 Å². The fourth-order valence-corrected chi connectivity index (χ4v) is 1.34. The lowest BCUT2D eigenvalue weighted by molar-refractivity contribution is 0.100. The second-order valence-electron chi connectivity index (χ2n) is 3.16. The normalized spacial score (nSPS) is 10.8. The molecule has 1 aromatic rings. The summed E-state index contributed by atoms with van der Waals surface area (Å²) in [5.74, 6) is 0.821. The van der Waals surface area contributed by atoms with Crippen molar-refractivity contribution in [2.75, 3.05) is 12.3 Å². The smallest absolute Gasteiger partial charge is 0.176 e. The molecular weight excluding hydrogens is 206 g/mol. The summed E-state index contributed by atoms with van der Waals surface area (Å²) in [6.45, 7) is 0.0643. The van der Waals surface area contributed by atoms with Gasteiger partial charge in [-0.1, -0.05) is 36.4 Å². The molecule has 0 spiro atoms. The molecule has 0 fully saturated rings. The van der Waals surface area contributed by atoms with Crippen LogP contribution in [0, 0.1) is 0 Å². The van der Waals surface area contributed by atoms with E-state index in [9.17, 15) is 4.79 Å². The van der Waals surface area contributed by atoms with Gasteiger partial charge in [0, 0.05) is 5.56 Å². The molecule has 0 aliphatic carbocycles. The molecule has 0 unspecified atom stereocenters. The third kappa shape index (κ3) is 3.90. The van der Waals surface area contributed by atoms with Gasteiger partial charge in [0.05, 0.1) is 6.54 Å². The first-order valence-electron chi connectivity index (χ1n) is 4.88. The molecule has 0 aliphatic heterocycles. The zero-order chi connectivity index (χ0) is 11.1. The fraction of sp³-hybridized carbons (Fsp3) is 0.250. The Morgan fingerprint density at radius 1 is 1.33 bits per heavy atom. The predicted molar refractivity (Wildman–Crippen MR) is 67.3 cm³/mol. The molecule has 0 aliphatic rings. The molecule has 0 atom stereocenters. The minimum atomic E-state index is -0.0270. The zero-order valence-electron chi connectivity index (χ0n) is 8.52. The number of benzene rings is 1. The molecule has 0 bridgehead atoms. The minimum absolute atomic E-state index is 0.0270. The van der Waals surface area contributed by atoms with Crippen molar-refractivity contribution in [2.24, 2.45) is 5.73 Å². The first-order chi connectivity index (χ1) is 7.27. The van der Waals surface area contributed by atoms with Crippen LogP contribution in [0.4, 0.5) is 0 Å². The van der Waals surface area contributed by atoms with Gasteiger partial charge in [-0.15, -0.1) is 0 Å². The van der Waals surface area contributed by atoms with E-state index < -0.39 is 0 Å². The van der Waals surface area contributed by atoms with Crippen LogP contribution in [-0.2, 0) is 0 Å². The van der Waals surface area contributed by atoms with E-state index in [2.05, 4.69) is 18.7 Å². The molecule has 0 radical (unpaired) electrons. The lowest BCUT2D eigenvalue weighted by atomic mass is 10.1. The number of allylic oxidation sites excluding steroid dienone is 1. The van der Waals surface area contributed by atoms with Crippen molar-refractivity contribution in [1.29, 1.82) is 0 Å². The van der Waals surface area contributed by atoms with Crippen LogP contribution in [-0.4, -0.2) is 18.1 Å². The van der Waals surface area contributed by atoms with Crippen molar-refractivity contribution in [3.05, 3.63) is 41.5 Å². The van der Waals surface area contributed by atoms with Crippen molar-refractivity contribution in [2.45, 2.75) is 6.42 Å². The molecule has 3 heteroatoms. The van der Waals surface area contributed by atoms with Crippen LogP contribution in [0.2, 0.25) is 0 Å². The van der Waals surface area contributed by atoms with Crippen LogP contribution >= 0.6 is 12.6 Å². The lowest BCUT2D eigenvalue weighted by Crippen LogP contribution is -2.13. The topological polar surface area (TPSA) is 43.1 Å². The van der Waals surface area contributed by atoms with E-state index in [-0.39, 0.29) is 12.3 Å². The summed E-state index contributed by atoms with van der Waals surface area (Å²) in [5.41, 5.74) is 7.03. The van der Waals surface area contributed by atoms with Gasteiger partial charge in [0.25, 0.3) is 0 Å². The maximum absolute atomic E-state index is 11.2. The minimum Gasteiger partial charge on any atom is -0.324 e. The Kier molecular flexibility index (Phi) is 5.15. The largest absolute Gasteiger partial charge is 0.324 e. The van der Waals surface area contributed by atoms with E-state index in [1.807, 2.05) is 18.2 Å². The van der Waals surface area contributed by atoms with Gasteiger partial charge in [-0.05, 0) is 17.7 Å². The molecule has 0 aromatic heterocycles. The molecule has 0 saturated heterocycles. The number of nitrogens with two attached hydrogens (primary N) is 1. The van der Waals surface area contributed by atoms with E-state index in [1.54, 1.807) is 12.1 Å². The Labute approximate surface area is 95.6 Å². The monoisotopic (exact) mass is 221 g/mol. The highest BCUT2D eigenvalue weighted by Crippen LogP contribution is 2.07. The number of Topliss-reactive ketones (excluding diaryl/α,β-unsaturated/α-hetero) is 1. The number of thiol groups is 1. The van der Waals surface area contributed by atoms with Crippen LogP contribution in [0.15, 0.2) is 30.3 Å². The van der Waals surface area contributed by atoms with Crippen LogP contribution in [0.25, 0.3) is 6.08 Å². The number of rotatable bonds is 5. The van der Waals surface area contributed by atoms with Crippen molar-refractivity contribution in [1.82, 2.24) is 0 Å². The Morgan fingerprint density at radius 2 is 2.00 bits per heavy atom. The molecule has 15 heavy (non-hydrogen) atoms. The number of ketones is 1. The van der Waals surface area contributed by atoms with Crippen molar-refractivity contribution < 1.29 is 4.79 Å². The molecule has 1 aromatic carbocycles. The van der Waals surface area contributed by atoms with Gasteiger partial charge in [-0.2, -0.15) is 12.6 Å². The average Bonchev–Trinajstić information content (AvgIpc) is 2.29. The third-order valence-corrected chi connectivity index (χ3v) is 2.28. The Morgan fingerprint density at radius 3 is 2.53 bits per heavy atom. The highest BCUT2D eigenvalue weighted by Gasteiger charge is 2.00. The molecular formula is C12H15NOS. The molecule has 2 N–H and O–H groups in total. The summed E-state index contributed by atoms with van der Waals surface area (Å²) >= 11 is 4.11. The van der Waals surface area contributed by atoms with E-state index in [0.717, 1.165) is 17.7 Å². The molecule has 80 valence electrons. The second-order valence-corrected chi connectivity index (χ2v) is 3.61. The van der Waals surface area contributed by atoms with Crippen molar-refractivity contribution in [3.63, 3.8) is 0 Å². The van der Waals surface area contributed by atoms with Crippen molar-refractivity contribution >= 4 is 24.5 Å². The standard InChI is InChI=1S/C12H15NOS/c13-9-12(14)11-6-4-10(5-7-11)3-1-2-8-15/h1,3-7,15H,2,8-9,13H2. The summed E-state index contributed by atoms with van der Waals surface area (Å²) in [4.78, 5) is 11.2. The van der Waals surface area contributed by atoms with Gasteiger partial charge < -0.3 is 5.73 Å². The molecule has 0 heterocycles. The average molecular weight is 221 g/mol. The van der Waals surface area contributed by atoms with E-state index in [4.69, 9.17) is 5.73 Å². The van der Waals surface area contributed by atoms with Crippen LogP contribution in [0.1, 0.15) is 22.3 Å². The third-order valence-electron chi connectivity index (χ3n) is 2.02. The number of carbonyl (C=O) groups excluding carboxylic acids is 1. The lowest BCUT2D eigenvalue weighted by Gasteiger charge is -1.98. The fourth-order valence-electron chi connectivity index (χ4n) is 1.19. The zero-order valence-corrected chi connectivity index (χ0v) is 9.41. The number of hydrogen-bond donors (Lipinski definition) is 2. The summed E-state index contributed by atoms with van der Waals surface area (Å²) in [6.07, 6.45) is 5.03. The summed E-state index contributed by atoms with van der Waals surface area (Å²) < 4.78 is 0.